The van der Waals surface area contributed by atoms with E-state index in [9.17, 15) is 5.11 Å². The number of hydrogen-bond acceptors (Lipinski definition) is 3. The van der Waals surface area contributed by atoms with Crippen molar-refractivity contribution in [2.24, 2.45) is 0 Å². The summed E-state index contributed by atoms with van der Waals surface area (Å²) < 4.78 is 5.51. The zero-order valence-corrected chi connectivity index (χ0v) is 12.9. The lowest BCUT2D eigenvalue weighted by molar-refractivity contribution is -0.0283. The van der Waals surface area contributed by atoms with Crippen LogP contribution in [0.4, 0.5) is 0 Å². The predicted octanol–water partition coefficient (Wildman–Crippen LogP) is 3.04. The summed E-state index contributed by atoms with van der Waals surface area (Å²) in [6.45, 7) is 0.844. The van der Waals surface area contributed by atoms with E-state index in [1.54, 1.807) is 7.11 Å². The minimum Gasteiger partial charge on any atom is -0.496 e. The highest BCUT2D eigenvalue weighted by atomic mass is 16.5. The second-order valence-corrected chi connectivity index (χ2v) is 6.22. The van der Waals surface area contributed by atoms with E-state index in [1.807, 2.05) is 18.2 Å². The normalized spacial score (nSPS) is 19.9. The number of aliphatic hydroxyl groups is 1. The molecule has 2 rings (SSSR count). The van der Waals surface area contributed by atoms with E-state index in [0.717, 1.165) is 43.5 Å². The van der Waals surface area contributed by atoms with Gasteiger partial charge in [-0.05, 0) is 33.0 Å². The summed E-state index contributed by atoms with van der Waals surface area (Å²) in [6.07, 6.45) is 5.27. The van der Waals surface area contributed by atoms with Crippen LogP contribution in [0, 0.1) is 0 Å². The van der Waals surface area contributed by atoms with Gasteiger partial charge in [0.15, 0.2) is 0 Å². The zero-order chi connectivity index (χ0) is 14.6. The van der Waals surface area contributed by atoms with Gasteiger partial charge in [-0.1, -0.05) is 37.5 Å². The minimum absolute atomic E-state index is 0.106. The van der Waals surface area contributed by atoms with Crippen LogP contribution < -0.4 is 4.74 Å². The Hall–Kier alpha value is -1.06. The van der Waals surface area contributed by atoms with Crippen LogP contribution in [-0.2, 0) is 0 Å². The molecular formula is C17H27NO2. The summed E-state index contributed by atoms with van der Waals surface area (Å²) in [4.78, 5) is 2.16. The minimum atomic E-state index is -0.600. The standard InChI is InChI=1S/C17H27NO2/c1-18(2)13-15(17(19)11-7-4-8-12-17)14-9-5-6-10-16(14)20-3/h5-6,9-10,15,19H,4,7-8,11-13H2,1-3H3. The molecule has 1 aliphatic rings. The molecule has 0 aliphatic heterocycles. The molecule has 3 heteroatoms. The first kappa shape index (κ1) is 15.3. The van der Waals surface area contributed by atoms with Crippen molar-refractivity contribution < 1.29 is 9.84 Å². The number of benzene rings is 1. The van der Waals surface area contributed by atoms with Crippen molar-refractivity contribution in [1.29, 1.82) is 0 Å². The molecule has 1 N–H and O–H groups in total. The van der Waals surface area contributed by atoms with E-state index < -0.39 is 5.60 Å². The largest absolute Gasteiger partial charge is 0.496 e. The van der Waals surface area contributed by atoms with Gasteiger partial charge in [-0.25, -0.2) is 0 Å². The number of nitrogens with zero attached hydrogens (tertiary/aromatic N) is 1. The molecule has 0 aromatic heterocycles. The molecule has 0 spiro atoms. The molecule has 1 saturated carbocycles. The molecule has 3 nitrogen and oxygen atoms in total. The van der Waals surface area contributed by atoms with E-state index >= 15 is 0 Å². The Morgan fingerprint density at radius 2 is 1.85 bits per heavy atom. The SMILES string of the molecule is COc1ccccc1C(CN(C)C)C1(O)CCCCC1. The van der Waals surface area contributed by atoms with E-state index in [-0.39, 0.29) is 5.92 Å². The Bertz CT molecular complexity index is 425. The van der Waals surface area contributed by atoms with E-state index in [4.69, 9.17) is 4.74 Å². The zero-order valence-electron chi connectivity index (χ0n) is 12.9. The van der Waals surface area contributed by atoms with Crippen LogP contribution in [-0.4, -0.2) is 43.4 Å². The van der Waals surface area contributed by atoms with Gasteiger partial charge in [-0.3, -0.25) is 0 Å². The maximum absolute atomic E-state index is 11.2. The lowest BCUT2D eigenvalue weighted by atomic mass is 9.72. The summed E-state index contributed by atoms with van der Waals surface area (Å²) in [5, 5.41) is 11.2. The first-order valence-corrected chi connectivity index (χ1v) is 7.57. The quantitative estimate of drug-likeness (QED) is 0.898. The Kier molecular flexibility index (Phi) is 5.06. The number of rotatable bonds is 5. The molecule has 1 atom stereocenters. The van der Waals surface area contributed by atoms with Crippen molar-refractivity contribution in [3.63, 3.8) is 0 Å². The number of hydrogen-bond donors (Lipinski definition) is 1. The molecule has 112 valence electrons. The smallest absolute Gasteiger partial charge is 0.122 e. The first-order valence-electron chi connectivity index (χ1n) is 7.57. The van der Waals surface area contributed by atoms with Crippen molar-refractivity contribution in [2.45, 2.75) is 43.6 Å². The molecule has 0 amide bonds. The van der Waals surface area contributed by atoms with Crippen molar-refractivity contribution in [2.75, 3.05) is 27.7 Å². The Balaban J connectivity index is 2.36. The van der Waals surface area contributed by atoms with Gasteiger partial charge in [-0.2, -0.15) is 0 Å². The van der Waals surface area contributed by atoms with Gasteiger partial charge in [0.1, 0.15) is 5.75 Å². The maximum Gasteiger partial charge on any atom is 0.122 e. The number of ether oxygens (including phenoxy) is 1. The highest BCUT2D eigenvalue weighted by Gasteiger charge is 2.40. The summed E-state index contributed by atoms with van der Waals surface area (Å²) >= 11 is 0. The third-order valence-corrected chi connectivity index (χ3v) is 4.43. The third kappa shape index (κ3) is 3.33. The second-order valence-electron chi connectivity index (χ2n) is 6.22. The number of methoxy groups -OCH3 is 1. The van der Waals surface area contributed by atoms with E-state index in [0.29, 0.717) is 0 Å². The van der Waals surface area contributed by atoms with Crippen molar-refractivity contribution in [3.05, 3.63) is 29.8 Å². The topological polar surface area (TPSA) is 32.7 Å². The van der Waals surface area contributed by atoms with Crippen molar-refractivity contribution in [1.82, 2.24) is 4.90 Å². The average Bonchev–Trinajstić information content (AvgIpc) is 2.45. The predicted molar refractivity (Wildman–Crippen MR) is 82.3 cm³/mol. The Morgan fingerprint density at radius 1 is 1.20 bits per heavy atom. The van der Waals surface area contributed by atoms with Crippen LogP contribution in [0.25, 0.3) is 0 Å². The Labute approximate surface area is 122 Å². The summed E-state index contributed by atoms with van der Waals surface area (Å²) in [7, 11) is 5.83. The average molecular weight is 277 g/mol. The molecule has 1 aromatic carbocycles. The maximum atomic E-state index is 11.2. The fourth-order valence-corrected chi connectivity index (χ4v) is 3.39. The highest BCUT2D eigenvalue weighted by molar-refractivity contribution is 5.38. The van der Waals surface area contributed by atoms with Gasteiger partial charge < -0.3 is 14.7 Å². The molecule has 0 bridgehead atoms. The Morgan fingerprint density at radius 3 is 2.45 bits per heavy atom. The molecule has 1 unspecified atom stereocenters. The molecular weight excluding hydrogens is 250 g/mol. The highest BCUT2D eigenvalue weighted by Crippen LogP contribution is 2.42. The van der Waals surface area contributed by atoms with Crippen molar-refractivity contribution in [3.8, 4) is 5.75 Å². The fraction of sp³-hybridized carbons (Fsp3) is 0.647. The van der Waals surface area contributed by atoms with Gasteiger partial charge in [0.2, 0.25) is 0 Å². The molecule has 1 aromatic rings. The lowest BCUT2D eigenvalue weighted by Crippen LogP contribution is -2.43. The molecule has 0 heterocycles. The van der Waals surface area contributed by atoms with Crippen LogP contribution in [0.5, 0.6) is 5.75 Å². The first-order chi connectivity index (χ1) is 9.57. The van der Waals surface area contributed by atoms with Gasteiger partial charge in [-0.15, -0.1) is 0 Å². The van der Waals surface area contributed by atoms with Gasteiger partial charge in [0, 0.05) is 18.0 Å². The fourth-order valence-electron chi connectivity index (χ4n) is 3.39. The molecule has 0 radical (unpaired) electrons. The summed E-state index contributed by atoms with van der Waals surface area (Å²) in [6, 6.07) is 8.11. The van der Waals surface area contributed by atoms with E-state index in [1.165, 1.54) is 6.42 Å². The number of para-hydroxylation sites is 1. The third-order valence-electron chi connectivity index (χ3n) is 4.43. The van der Waals surface area contributed by atoms with Crippen LogP contribution in [0.1, 0.15) is 43.6 Å². The van der Waals surface area contributed by atoms with Crippen LogP contribution in [0.3, 0.4) is 0 Å². The molecule has 20 heavy (non-hydrogen) atoms. The van der Waals surface area contributed by atoms with Gasteiger partial charge in [0.05, 0.1) is 12.7 Å². The monoisotopic (exact) mass is 277 g/mol. The van der Waals surface area contributed by atoms with Gasteiger partial charge >= 0.3 is 0 Å². The van der Waals surface area contributed by atoms with Crippen LogP contribution >= 0.6 is 0 Å². The van der Waals surface area contributed by atoms with Crippen molar-refractivity contribution >= 4 is 0 Å². The molecule has 1 fully saturated rings. The molecule has 0 saturated heterocycles. The van der Waals surface area contributed by atoms with Gasteiger partial charge in [0.25, 0.3) is 0 Å². The number of likely N-dealkylation sites (N-methyl/N-ethyl adjacent to an activating group) is 1. The lowest BCUT2D eigenvalue weighted by Gasteiger charge is -2.41. The van der Waals surface area contributed by atoms with Crippen LogP contribution in [0.2, 0.25) is 0 Å². The van der Waals surface area contributed by atoms with E-state index in [2.05, 4.69) is 25.1 Å². The summed E-state index contributed by atoms with van der Waals surface area (Å²) in [5.41, 5.74) is 0.532. The summed E-state index contributed by atoms with van der Waals surface area (Å²) in [5.74, 6) is 0.993. The molecule has 1 aliphatic carbocycles. The second kappa shape index (κ2) is 6.59. The van der Waals surface area contributed by atoms with Crippen LogP contribution in [0.15, 0.2) is 24.3 Å².